The van der Waals surface area contributed by atoms with E-state index in [-0.39, 0.29) is 0 Å². The van der Waals surface area contributed by atoms with Gasteiger partial charge in [0, 0.05) is 36.6 Å². The lowest BCUT2D eigenvalue weighted by molar-refractivity contribution is 0.584. The Kier molecular flexibility index (Phi) is 4.03. The van der Waals surface area contributed by atoms with Crippen LogP contribution in [-0.4, -0.2) is 21.3 Å². The van der Waals surface area contributed by atoms with Crippen molar-refractivity contribution in [3.63, 3.8) is 0 Å². The van der Waals surface area contributed by atoms with Gasteiger partial charge in [-0.15, -0.1) is 11.3 Å². The number of aromatic nitrogens is 3. The number of nitrogens with one attached hydrogen (secondary N) is 1. The molecule has 0 radical (unpaired) electrons. The molecule has 0 aromatic carbocycles. The zero-order valence-corrected chi connectivity index (χ0v) is 13.4. The molecule has 0 saturated heterocycles. The summed E-state index contributed by atoms with van der Waals surface area (Å²) in [4.78, 5) is 5.54. The highest BCUT2D eigenvalue weighted by Crippen LogP contribution is 2.28. The number of nitrogens with zero attached hydrogens (tertiary/aromatic N) is 3. The minimum Gasteiger partial charge on any atom is -0.309 e. The van der Waals surface area contributed by atoms with Crippen LogP contribution in [0.25, 0.3) is 10.1 Å². The van der Waals surface area contributed by atoms with Gasteiger partial charge in [0.25, 0.3) is 0 Å². The van der Waals surface area contributed by atoms with Crippen LogP contribution in [0.5, 0.6) is 0 Å². The fraction of sp³-hybridized carbons (Fsp3) is 0.375. The Morgan fingerprint density at radius 1 is 1.43 bits per heavy atom. The summed E-state index contributed by atoms with van der Waals surface area (Å²) in [5.74, 6) is 0. The molecular weight excluding hydrogens is 280 g/mol. The van der Waals surface area contributed by atoms with E-state index in [9.17, 15) is 0 Å². The number of rotatable bonds is 5. The molecule has 0 bridgehead atoms. The predicted octanol–water partition coefficient (Wildman–Crippen LogP) is 3.23. The minimum atomic E-state index is 0.361. The molecule has 3 aromatic heterocycles. The van der Waals surface area contributed by atoms with E-state index in [1.807, 2.05) is 35.5 Å². The van der Waals surface area contributed by atoms with Crippen molar-refractivity contribution in [2.24, 2.45) is 7.05 Å². The molecule has 0 spiro atoms. The van der Waals surface area contributed by atoms with Gasteiger partial charge in [0.2, 0.25) is 0 Å². The molecule has 0 aliphatic carbocycles. The van der Waals surface area contributed by atoms with Crippen LogP contribution in [0, 0.1) is 6.92 Å². The first-order valence-corrected chi connectivity index (χ1v) is 8.01. The van der Waals surface area contributed by atoms with Crippen molar-refractivity contribution < 1.29 is 0 Å². The largest absolute Gasteiger partial charge is 0.309 e. The third-order valence-corrected chi connectivity index (χ3v) is 5.00. The molecule has 0 saturated carbocycles. The second kappa shape index (κ2) is 5.95. The average Bonchev–Trinajstić information content (AvgIpc) is 3.02. The molecule has 5 heteroatoms. The Morgan fingerprint density at radius 2 is 2.29 bits per heavy atom. The number of thiophene rings is 1. The van der Waals surface area contributed by atoms with E-state index >= 15 is 0 Å². The maximum absolute atomic E-state index is 4.38. The third-order valence-electron chi connectivity index (χ3n) is 3.73. The molecule has 0 amide bonds. The van der Waals surface area contributed by atoms with Gasteiger partial charge in [0.15, 0.2) is 0 Å². The maximum Gasteiger partial charge on any atom is 0.0626 e. The van der Waals surface area contributed by atoms with Crippen molar-refractivity contribution in [3.8, 4) is 0 Å². The van der Waals surface area contributed by atoms with Gasteiger partial charge in [0.05, 0.1) is 10.4 Å². The van der Waals surface area contributed by atoms with Crippen molar-refractivity contribution in [2.75, 3.05) is 6.54 Å². The first-order valence-electron chi connectivity index (χ1n) is 7.19. The normalized spacial score (nSPS) is 12.9. The Labute approximate surface area is 128 Å². The summed E-state index contributed by atoms with van der Waals surface area (Å²) in [6, 6.07) is 4.69. The van der Waals surface area contributed by atoms with Crippen molar-refractivity contribution in [1.29, 1.82) is 0 Å². The summed E-state index contributed by atoms with van der Waals surface area (Å²) >= 11 is 1.82. The van der Waals surface area contributed by atoms with Gasteiger partial charge >= 0.3 is 0 Å². The summed E-state index contributed by atoms with van der Waals surface area (Å²) < 4.78 is 3.14. The van der Waals surface area contributed by atoms with E-state index in [2.05, 4.69) is 47.6 Å². The van der Waals surface area contributed by atoms with Crippen LogP contribution < -0.4 is 5.32 Å². The topological polar surface area (TPSA) is 42.7 Å². The lowest BCUT2D eigenvalue weighted by atomic mass is 10.2. The van der Waals surface area contributed by atoms with Crippen molar-refractivity contribution in [2.45, 2.75) is 26.3 Å². The van der Waals surface area contributed by atoms with Crippen molar-refractivity contribution >= 4 is 21.4 Å². The SMILES string of the molecule is Cc1nn(C)cc1CCNC(C)c1cc2ccncc2s1. The highest BCUT2D eigenvalue weighted by molar-refractivity contribution is 7.19. The van der Waals surface area contributed by atoms with Gasteiger partial charge < -0.3 is 5.32 Å². The summed E-state index contributed by atoms with van der Waals surface area (Å²) in [6.07, 6.45) is 6.90. The maximum atomic E-state index is 4.38. The molecule has 0 aliphatic rings. The second-order valence-corrected chi connectivity index (χ2v) is 6.52. The van der Waals surface area contributed by atoms with Gasteiger partial charge in [-0.3, -0.25) is 9.67 Å². The fourth-order valence-corrected chi connectivity index (χ4v) is 3.59. The third kappa shape index (κ3) is 3.14. The van der Waals surface area contributed by atoms with Gasteiger partial charge in [-0.1, -0.05) is 0 Å². The van der Waals surface area contributed by atoms with Crippen LogP contribution in [-0.2, 0) is 13.5 Å². The minimum absolute atomic E-state index is 0.361. The van der Waals surface area contributed by atoms with E-state index in [1.165, 1.54) is 20.5 Å². The molecule has 1 N–H and O–H groups in total. The number of hydrogen-bond donors (Lipinski definition) is 1. The number of fused-ring (bicyclic) bond motifs is 1. The monoisotopic (exact) mass is 300 g/mol. The van der Waals surface area contributed by atoms with Crippen LogP contribution in [0.4, 0.5) is 0 Å². The number of aryl methyl sites for hydroxylation is 2. The Morgan fingerprint density at radius 3 is 3.00 bits per heavy atom. The first kappa shape index (κ1) is 14.2. The Hall–Kier alpha value is -1.72. The van der Waals surface area contributed by atoms with Crippen molar-refractivity contribution in [1.82, 2.24) is 20.1 Å². The van der Waals surface area contributed by atoms with Crippen LogP contribution in [0.3, 0.4) is 0 Å². The molecule has 1 unspecified atom stereocenters. The van der Waals surface area contributed by atoms with E-state index in [1.54, 1.807) is 0 Å². The van der Waals surface area contributed by atoms with Gasteiger partial charge in [0.1, 0.15) is 0 Å². The lowest BCUT2D eigenvalue weighted by Gasteiger charge is -2.11. The smallest absolute Gasteiger partial charge is 0.0626 e. The second-order valence-electron chi connectivity index (χ2n) is 5.40. The Balaban J connectivity index is 1.61. The summed E-state index contributed by atoms with van der Waals surface area (Å²) in [7, 11) is 1.97. The molecular formula is C16H20N4S. The van der Waals surface area contributed by atoms with Crippen molar-refractivity contribution in [3.05, 3.63) is 46.9 Å². The molecule has 3 heterocycles. The number of pyridine rings is 1. The molecule has 3 aromatic rings. The van der Waals surface area contributed by atoms with Crippen LogP contribution in [0.2, 0.25) is 0 Å². The molecule has 1 atom stereocenters. The number of hydrogen-bond acceptors (Lipinski definition) is 4. The summed E-state index contributed by atoms with van der Waals surface area (Å²) in [6.45, 7) is 5.24. The molecule has 0 fully saturated rings. The van der Waals surface area contributed by atoms with E-state index in [4.69, 9.17) is 0 Å². The average molecular weight is 300 g/mol. The van der Waals surface area contributed by atoms with Gasteiger partial charge in [-0.2, -0.15) is 5.10 Å². The van der Waals surface area contributed by atoms with E-state index in [0.29, 0.717) is 6.04 Å². The standard InChI is InChI=1S/C16H20N4S/c1-11-14(10-20(3)19-11)5-7-18-12(2)15-8-13-4-6-17-9-16(13)21-15/h4,6,8-10,12,18H,5,7H2,1-3H3. The zero-order chi connectivity index (χ0) is 14.8. The van der Waals surface area contributed by atoms with Crippen LogP contribution in [0.15, 0.2) is 30.7 Å². The molecule has 0 aliphatic heterocycles. The molecule has 21 heavy (non-hydrogen) atoms. The van der Waals surface area contributed by atoms with Gasteiger partial charge in [-0.25, -0.2) is 0 Å². The highest BCUT2D eigenvalue weighted by Gasteiger charge is 2.10. The lowest BCUT2D eigenvalue weighted by Crippen LogP contribution is -2.20. The predicted molar refractivity (Wildman–Crippen MR) is 87.7 cm³/mol. The highest BCUT2D eigenvalue weighted by atomic mass is 32.1. The molecule has 110 valence electrons. The molecule has 4 nitrogen and oxygen atoms in total. The van der Waals surface area contributed by atoms with Gasteiger partial charge in [-0.05, 0) is 49.9 Å². The quantitative estimate of drug-likeness (QED) is 0.786. The zero-order valence-electron chi connectivity index (χ0n) is 12.6. The first-order chi connectivity index (χ1) is 10.1. The van der Waals surface area contributed by atoms with Crippen LogP contribution in [0.1, 0.15) is 29.1 Å². The fourth-order valence-electron chi connectivity index (χ4n) is 2.54. The molecule has 3 rings (SSSR count). The summed E-state index contributed by atoms with van der Waals surface area (Å²) in [5.41, 5.74) is 2.44. The van der Waals surface area contributed by atoms with E-state index in [0.717, 1.165) is 18.7 Å². The summed E-state index contributed by atoms with van der Waals surface area (Å²) in [5, 5.41) is 9.26. The van der Waals surface area contributed by atoms with E-state index < -0.39 is 0 Å². The van der Waals surface area contributed by atoms with Crippen LogP contribution >= 0.6 is 11.3 Å². The Bertz CT molecular complexity index is 711.